The minimum Gasteiger partial charge on any atom is -0.399 e. The first-order valence-electron chi connectivity index (χ1n) is 13.5. The molecule has 1 amide bonds. The molecule has 2 fully saturated rings. The summed E-state index contributed by atoms with van der Waals surface area (Å²) in [6.45, 7) is 10.8. The van der Waals surface area contributed by atoms with Crippen LogP contribution in [-0.2, 0) is 18.3 Å². The number of carbonyl (C=O) groups excluding carboxylic acids is 1. The summed E-state index contributed by atoms with van der Waals surface area (Å²) in [6, 6.07) is 14.2. The molecule has 2 aromatic rings. The molecule has 8 heteroatoms. The maximum atomic E-state index is 12.0. The van der Waals surface area contributed by atoms with E-state index in [1.54, 1.807) is 6.07 Å². The van der Waals surface area contributed by atoms with Gasteiger partial charge in [-0.05, 0) is 91.0 Å². The third-order valence-corrected chi connectivity index (χ3v) is 8.79. The largest absolute Gasteiger partial charge is 0.399 e. The average molecular weight is 524 g/mol. The second-order valence-corrected chi connectivity index (χ2v) is 11.4. The Morgan fingerprint density at radius 1 is 1.13 bits per heavy atom. The summed E-state index contributed by atoms with van der Waals surface area (Å²) < 4.78 is 0. The van der Waals surface area contributed by atoms with E-state index in [2.05, 4.69) is 36.4 Å². The Morgan fingerprint density at radius 3 is 2.31 bits per heavy atom. The number of rotatable bonds is 9. The lowest BCUT2D eigenvalue weighted by atomic mass is 9.67. The van der Waals surface area contributed by atoms with Gasteiger partial charge in [-0.25, -0.2) is 0 Å². The summed E-state index contributed by atoms with van der Waals surface area (Å²) in [7, 11) is 0. The number of aryl methyl sites for hydroxylation is 2. The lowest BCUT2D eigenvalue weighted by Gasteiger charge is -2.38. The van der Waals surface area contributed by atoms with E-state index < -0.39 is 11.3 Å². The van der Waals surface area contributed by atoms with Crippen LogP contribution in [0.5, 0.6) is 0 Å². The van der Waals surface area contributed by atoms with Crippen molar-refractivity contribution in [3.05, 3.63) is 88.6 Å². The van der Waals surface area contributed by atoms with E-state index in [1.807, 2.05) is 30.3 Å². The van der Waals surface area contributed by atoms with Crippen molar-refractivity contribution < 1.29 is 4.79 Å². The third-order valence-electron chi connectivity index (χ3n) is 8.79. The van der Waals surface area contributed by atoms with Crippen molar-refractivity contribution in [2.24, 2.45) is 23.1 Å². The Kier molecular flexibility index (Phi) is 6.73. The van der Waals surface area contributed by atoms with Crippen LogP contribution in [0.25, 0.3) is 5.70 Å². The maximum absolute atomic E-state index is 12.0. The topological polar surface area (TPSA) is 158 Å². The van der Waals surface area contributed by atoms with E-state index in [1.165, 1.54) is 0 Å². The van der Waals surface area contributed by atoms with Crippen molar-refractivity contribution in [3.63, 3.8) is 0 Å². The molecule has 0 bridgehead atoms. The van der Waals surface area contributed by atoms with Crippen LogP contribution in [0.2, 0.25) is 0 Å². The molecule has 5 rings (SSSR count). The first-order valence-corrected chi connectivity index (χ1v) is 13.5. The molecule has 2 aromatic carbocycles. The van der Waals surface area contributed by atoms with E-state index in [4.69, 9.17) is 22.6 Å². The standard InChI is InChI=1S/C31H37N7O/c1-17(37-16-18(2)38-25(15-32)12-24-13-28(24)38)14-31(30(35)36)26-8-6-20(19(3)33)10-21(26)4-5-22-11-23(29(34)39)7-9-27(22)31/h6-11,17,24-25,28,37H,2-5,12-14,16,33H2,1H3,(H2,34,39)(H3,35,36)/t17-,24+,25?,28-,31?/m0/s1. The summed E-state index contributed by atoms with van der Waals surface area (Å²) in [5, 5.41) is 22.2. The van der Waals surface area contributed by atoms with Crippen LogP contribution in [0.4, 0.5) is 0 Å². The van der Waals surface area contributed by atoms with E-state index >= 15 is 0 Å². The predicted octanol–water partition coefficient (Wildman–Crippen LogP) is 2.90. The number of nitrogens with one attached hydrogen (secondary N) is 2. The molecule has 8 N–H and O–H groups in total. The van der Waals surface area contributed by atoms with Gasteiger partial charge in [0.1, 0.15) is 11.9 Å². The summed E-state index contributed by atoms with van der Waals surface area (Å²) in [5.74, 6) is 0.165. The lowest BCUT2D eigenvalue weighted by Crippen LogP contribution is -2.48. The zero-order valence-electron chi connectivity index (χ0n) is 22.5. The molecule has 3 aliphatic rings. The van der Waals surface area contributed by atoms with E-state index in [-0.39, 0.29) is 17.9 Å². The van der Waals surface area contributed by atoms with Gasteiger partial charge in [-0.1, -0.05) is 31.4 Å². The highest BCUT2D eigenvalue weighted by Crippen LogP contribution is 2.49. The van der Waals surface area contributed by atoms with Gasteiger partial charge in [-0.2, -0.15) is 5.26 Å². The van der Waals surface area contributed by atoms with Gasteiger partial charge < -0.3 is 27.4 Å². The molecular formula is C31H37N7O. The number of nitrogens with zero attached hydrogens (tertiary/aromatic N) is 2. The summed E-state index contributed by atoms with van der Waals surface area (Å²) in [4.78, 5) is 14.2. The maximum Gasteiger partial charge on any atom is 0.248 e. The normalized spacial score (nSPS) is 25.3. The number of nitriles is 1. The van der Waals surface area contributed by atoms with E-state index in [9.17, 15) is 10.1 Å². The highest BCUT2D eigenvalue weighted by Gasteiger charge is 2.52. The minimum atomic E-state index is -0.927. The first-order chi connectivity index (χ1) is 18.6. The van der Waals surface area contributed by atoms with Gasteiger partial charge >= 0.3 is 0 Å². The number of amides is 1. The number of hydrogen-bond donors (Lipinski definition) is 5. The van der Waals surface area contributed by atoms with Crippen LogP contribution in [0, 0.1) is 22.7 Å². The molecule has 0 aromatic heterocycles. The Balaban J connectivity index is 1.50. The summed E-state index contributed by atoms with van der Waals surface area (Å²) >= 11 is 0. The molecule has 1 aliphatic heterocycles. The Bertz CT molecular complexity index is 1360. The van der Waals surface area contributed by atoms with Crippen LogP contribution < -0.4 is 22.5 Å². The fraction of sp³-hybridized carbons (Fsp3) is 0.387. The highest BCUT2D eigenvalue weighted by atomic mass is 16.1. The monoisotopic (exact) mass is 523 g/mol. The van der Waals surface area contributed by atoms with Crippen molar-refractivity contribution in [1.82, 2.24) is 10.2 Å². The Labute approximate surface area is 230 Å². The average Bonchev–Trinajstić information content (AvgIpc) is 3.60. The van der Waals surface area contributed by atoms with Crippen molar-refractivity contribution in [1.29, 1.82) is 10.7 Å². The quantitative estimate of drug-likeness (QED) is 0.251. The number of carbonyl (C=O) groups is 1. The molecule has 1 heterocycles. The fourth-order valence-electron chi connectivity index (χ4n) is 6.76. The molecule has 0 spiro atoms. The number of hydrogen-bond acceptors (Lipinski definition) is 6. The SMILES string of the molecule is C=C(N)c1ccc2c(c1)CCc1cc(C(N)=O)ccc1C2(C[C@H](C)NCC(=C)N1C(C#N)C[C@@H]2C[C@@H]21)C(=N)N. The first kappa shape index (κ1) is 26.5. The van der Waals surface area contributed by atoms with Gasteiger partial charge in [-0.3, -0.25) is 10.2 Å². The number of primary amides is 1. The predicted molar refractivity (Wildman–Crippen MR) is 154 cm³/mol. The number of likely N-dealkylation sites (tertiary alicyclic amines) is 1. The number of nitrogens with two attached hydrogens (primary N) is 3. The zero-order chi connectivity index (χ0) is 28.1. The number of piperidine rings is 1. The highest BCUT2D eigenvalue weighted by molar-refractivity contribution is 5.96. The molecular weight excluding hydrogens is 486 g/mol. The van der Waals surface area contributed by atoms with Gasteiger partial charge in [-0.15, -0.1) is 0 Å². The van der Waals surface area contributed by atoms with E-state index in [0.717, 1.165) is 46.4 Å². The Morgan fingerprint density at radius 2 is 1.74 bits per heavy atom. The second-order valence-electron chi connectivity index (χ2n) is 11.4. The molecule has 8 nitrogen and oxygen atoms in total. The molecule has 2 unspecified atom stereocenters. The molecule has 2 aliphatic carbocycles. The van der Waals surface area contributed by atoms with Crippen LogP contribution in [0.3, 0.4) is 0 Å². The van der Waals surface area contributed by atoms with Crippen molar-refractivity contribution in [3.8, 4) is 6.07 Å². The second kappa shape index (κ2) is 9.90. The van der Waals surface area contributed by atoms with Gasteiger partial charge in [0.05, 0.1) is 11.5 Å². The van der Waals surface area contributed by atoms with Crippen LogP contribution >= 0.6 is 0 Å². The van der Waals surface area contributed by atoms with Crippen molar-refractivity contribution in [2.75, 3.05) is 6.54 Å². The molecule has 0 radical (unpaired) electrons. The van der Waals surface area contributed by atoms with E-state index in [0.29, 0.717) is 49.0 Å². The molecule has 1 saturated heterocycles. The molecule has 202 valence electrons. The van der Waals surface area contributed by atoms with Gasteiger partial charge in [0, 0.05) is 35.6 Å². The van der Waals surface area contributed by atoms with Crippen LogP contribution in [-0.4, -0.2) is 41.3 Å². The summed E-state index contributed by atoms with van der Waals surface area (Å²) in [6.07, 6.45) is 3.94. The van der Waals surface area contributed by atoms with Crippen LogP contribution in [0.1, 0.15) is 64.4 Å². The van der Waals surface area contributed by atoms with Crippen molar-refractivity contribution >= 4 is 17.4 Å². The zero-order valence-corrected chi connectivity index (χ0v) is 22.5. The Hall–Kier alpha value is -4.09. The fourth-order valence-corrected chi connectivity index (χ4v) is 6.76. The smallest absolute Gasteiger partial charge is 0.248 e. The lowest BCUT2D eigenvalue weighted by molar-refractivity contribution is 0.1000. The van der Waals surface area contributed by atoms with Crippen molar-refractivity contribution in [2.45, 2.75) is 62.6 Å². The minimum absolute atomic E-state index is 0.0374. The number of benzene rings is 2. The number of amidine groups is 1. The number of fused-ring (bicyclic) bond motifs is 3. The molecule has 39 heavy (non-hydrogen) atoms. The molecule has 5 atom stereocenters. The molecule has 1 saturated carbocycles. The van der Waals surface area contributed by atoms with Gasteiger partial charge in [0.2, 0.25) is 5.91 Å². The third kappa shape index (κ3) is 4.57. The van der Waals surface area contributed by atoms with Gasteiger partial charge in [0.15, 0.2) is 0 Å². The van der Waals surface area contributed by atoms with Crippen LogP contribution in [0.15, 0.2) is 55.3 Å². The summed E-state index contributed by atoms with van der Waals surface area (Å²) in [5.41, 5.74) is 23.8. The van der Waals surface area contributed by atoms with Gasteiger partial charge in [0.25, 0.3) is 0 Å².